The van der Waals surface area contributed by atoms with Crippen molar-refractivity contribution in [1.82, 2.24) is 4.98 Å². The number of esters is 1. The smallest absolute Gasteiger partial charge is 0.418 e. The van der Waals surface area contributed by atoms with Crippen LogP contribution >= 0.6 is 0 Å². The maximum atomic E-state index is 12.6. The molecule has 0 radical (unpaired) electrons. The quantitative estimate of drug-likeness (QED) is 0.625. The molecular formula is C10H8F5NO2. The Labute approximate surface area is 98.6 Å². The molecule has 1 aromatic heterocycles. The van der Waals surface area contributed by atoms with E-state index in [1.807, 2.05) is 0 Å². The molecule has 0 fully saturated rings. The van der Waals surface area contributed by atoms with Crippen molar-refractivity contribution >= 4 is 5.97 Å². The Bertz CT molecular complexity index is 444. The summed E-state index contributed by atoms with van der Waals surface area (Å²) in [5.74, 6) is -0.987. The molecule has 0 aliphatic carbocycles. The molecular weight excluding hydrogens is 261 g/mol. The number of rotatable bonds is 3. The molecule has 0 N–H and O–H groups in total. The lowest BCUT2D eigenvalue weighted by Crippen LogP contribution is -2.16. The average Bonchev–Trinajstić information content (AvgIpc) is 2.27. The first-order valence-electron chi connectivity index (χ1n) is 4.67. The lowest BCUT2D eigenvalue weighted by atomic mass is 10.1. The summed E-state index contributed by atoms with van der Waals surface area (Å²) in [5.41, 5.74) is -2.81. The van der Waals surface area contributed by atoms with Crippen molar-refractivity contribution < 1.29 is 31.5 Å². The van der Waals surface area contributed by atoms with E-state index in [1.54, 1.807) is 0 Å². The highest BCUT2D eigenvalue weighted by atomic mass is 19.4. The van der Waals surface area contributed by atoms with E-state index < -0.39 is 41.9 Å². The highest BCUT2D eigenvalue weighted by Gasteiger charge is 2.35. The Morgan fingerprint density at radius 2 is 2.00 bits per heavy atom. The molecule has 100 valence electrons. The lowest BCUT2D eigenvalue weighted by Gasteiger charge is -2.12. The second kappa shape index (κ2) is 5.28. The van der Waals surface area contributed by atoms with Crippen LogP contribution in [0, 0.1) is 0 Å². The van der Waals surface area contributed by atoms with E-state index in [9.17, 15) is 26.7 Å². The van der Waals surface area contributed by atoms with E-state index >= 15 is 0 Å². The Balaban J connectivity index is 3.22. The Kier molecular flexibility index (Phi) is 4.20. The van der Waals surface area contributed by atoms with Gasteiger partial charge in [-0.05, 0) is 12.1 Å². The average molecular weight is 269 g/mol. The first-order valence-corrected chi connectivity index (χ1v) is 4.67. The fourth-order valence-electron chi connectivity index (χ4n) is 1.24. The predicted octanol–water partition coefficient (Wildman–Crippen LogP) is 2.75. The molecule has 1 rings (SSSR count). The van der Waals surface area contributed by atoms with Crippen LogP contribution in [0.5, 0.6) is 0 Å². The van der Waals surface area contributed by atoms with Crippen molar-refractivity contribution in [3.8, 4) is 0 Å². The maximum absolute atomic E-state index is 12.6. The Morgan fingerprint density at radius 1 is 1.39 bits per heavy atom. The van der Waals surface area contributed by atoms with Crippen LogP contribution in [-0.2, 0) is 22.1 Å². The van der Waals surface area contributed by atoms with Gasteiger partial charge in [0.1, 0.15) is 5.69 Å². The molecule has 0 bridgehead atoms. The zero-order valence-electron chi connectivity index (χ0n) is 9.09. The van der Waals surface area contributed by atoms with Crippen LogP contribution in [0.4, 0.5) is 22.0 Å². The Hall–Kier alpha value is -1.73. The molecule has 1 heterocycles. The fourth-order valence-corrected chi connectivity index (χ4v) is 1.24. The summed E-state index contributed by atoms with van der Waals surface area (Å²) in [6.45, 7) is 0. The van der Waals surface area contributed by atoms with Crippen LogP contribution in [0.2, 0.25) is 0 Å². The maximum Gasteiger partial charge on any atom is 0.418 e. The van der Waals surface area contributed by atoms with Gasteiger partial charge in [-0.15, -0.1) is 0 Å². The minimum absolute atomic E-state index is 0.479. The number of alkyl halides is 5. The highest BCUT2D eigenvalue weighted by molar-refractivity contribution is 5.72. The summed E-state index contributed by atoms with van der Waals surface area (Å²) in [4.78, 5) is 14.1. The van der Waals surface area contributed by atoms with E-state index in [2.05, 4.69) is 9.72 Å². The SMILES string of the molecule is COC(=O)Cc1nc(C(F)F)ccc1C(F)(F)F. The lowest BCUT2D eigenvalue weighted by molar-refractivity contribution is -0.141. The topological polar surface area (TPSA) is 39.2 Å². The van der Waals surface area contributed by atoms with Gasteiger partial charge < -0.3 is 4.74 Å². The van der Waals surface area contributed by atoms with E-state index in [1.165, 1.54) is 0 Å². The molecule has 0 aliphatic heterocycles. The van der Waals surface area contributed by atoms with E-state index in [4.69, 9.17) is 0 Å². The standard InChI is InChI=1S/C10H8F5NO2/c1-18-8(17)4-7-5(10(13,14)15)2-3-6(16-7)9(11)12/h2-3,9H,4H2,1H3. The molecule has 0 amide bonds. The molecule has 8 heteroatoms. The zero-order chi connectivity index (χ0) is 13.9. The summed E-state index contributed by atoms with van der Waals surface area (Å²) in [6.07, 6.45) is -8.59. The van der Waals surface area contributed by atoms with Crippen LogP contribution in [0.15, 0.2) is 12.1 Å². The molecule has 0 aromatic carbocycles. The number of hydrogen-bond donors (Lipinski definition) is 0. The predicted molar refractivity (Wildman–Crippen MR) is 49.9 cm³/mol. The van der Waals surface area contributed by atoms with Crippen molar-refractivity contribution in [3.05, 3.63) is 29.1 Å². The minimum Gasteiger partial charge on any atom is -0.469 e. The summed E-state index contributed by atoms with van der Waals surface area (Å²) in [6, 6.07) is 1.06. The Morgan fingerprint density at radius 3 is 2.44 bits per heavy atom. The third-order valence-corrected chi connectivity index (χ3v) is 2.06. The summed E-state index contributed by atoms with van der Waals surface area (Å²) < 4.78 is 66.5. The van der Waals surface area contributed by atoms with Gasteiger partial charge in [0, 0.05) is 0 Å². The second-order valence-corrected chi connectivity index (χ2v) is 3.28. The molecule has 0 unspecified atom stereocenters. The van der Waals surface area contributed by atoms with Gasteiger partial charge in [0.2, 0.25) is 0 Å². The number of carbonyl (C=O) groups is 1. The molecule has 3 nitrogen and oxygen atoms in total. The van der Waals surface area contributed by atoms with Crippen LogP contribution in [0.3, 0.4) is 0 Å². The molecule has 0 saturated heterocycles. The number of nitrogens with zero attached hydrogens (tertiary/aromatic N) is 1. The first kappa shape index (κ1) is 14.3. The normalized spacial score (nSPS) is 11.7. The van der Waals surface area contributed by atoms with Gasteiger partial charge in [-0.3, -0.25) is 9.78 Å². The van der Waals surface area contributed by atoms with Gasteiger partial charge >= 0.3 is 12.1 Å². The monoisotopic (exact) mass is 269 g/mol. The highest BCUT2D eigenvalue weighted by Crippen LogP contribution is 2.32. The van der Waals surface area contributed by atoms with Crippen molar-refractivity contribution in [2.75, 3.05) is 7.11 Å². The number of pyridine rings is 1. The second-order valence-electron chi connectivity index (χ2n) is 3.28. The number of halogens is 5. The fraction of sp³-hybridized carbons (Fsp3) is 0.400. The van der Waals surface area contributed by atoms with Gasteiger partial charge in [-0.25, -0.2) is 8.78 Å². The van der Waals surface area contributed by atoms with E-state index in [0.717, 1.165) is 7.11 Å². The number of carbonyl (C=O) groups excluding carboxylic acids is 1. The third kappa shape index (κ3) is 3.38. The summed E-state index contributed by atoms with van der Waals surface area (Å²) >= 11 is 0. The van der Waals surface area contributed by atoms with Gasteiger partial charge in [0.05, 0.1) is 24.8 Å². The number of methoxy groups -OCH3 is 1. The summed E-state index contributed by atoms with van der Waals surface area (Å²) in [7, 11) is 0.979. The van der Waals surface area contributed by atoms with E-state index in [-0.39, 0.29) is 0 Å². The largest absolute Gasteiger partial charge is 0.469 e. The van der Waals surface area contributed by atoms with Gasteiger partial charge in [-0.2, -0.15) is 13.2 Å². The third-order valence-electron chi connectivity index (χ3n) is 2.06. The minimum atomic E-state index is -4.77. The van der Waals surface area contributed by atoms with Crippen molar-refractivity contribution in [3.63, 3.8) is 0 Å². The number of aromatic nitrogens is 1. The molecule has 18 heavy (non-hydrogen) atoms. The molecule has 0 spiro atoms. The van der Waals surface area contributed by atoms with Crippen LogP contribution in [-0.4, -0.2) is 18.1 Å². The number of ether oxygens (including phenoxy) is 1. The van der Waals surface area contributed by atoms with Gasteiger partial charge in [0.25, 0.3) is 6.43 Å². The van der Waals surface area contributed by atoms with Gasteiger partial charge in [-0.1, -0.05) is 0 Å². The molecule has 0 atom stereocenters. The van der Waals surface area contributed by atoms with Gasteiger partial charge in [0.15, 0.2) is 0 Å². The van der Waals surface area contributed by atoms with Crippen molar-refractivity contribution in [2.24, 2.45) is 0 Å². The molecule has 1 aromatic rings. The van der Waals surface area contributed by atoms with Crippen LogP contribution in [0.1, 0.15) is 23.4 Å². The van der Waals surface area contributed by atoms with Crippen molar-refractivity contribution in [1.29, 1.82) is 0 Å². The molecule has 0 saturated carbocycles. The van der Waals surface area contributed by atoms with Crippen LogP contribution in [0.25, 0.3) is 0 Å². The zero-order valence-corrected chi connectivity index (χ0v) is 9.09. The van der Waals surface area contributed by atoms with Crippen LogP contribution < -0.4 is 0 Å². The van der Waals surface area contributed by atoms with E-state index in [0.29, 0.717) is 12.1 Å². The first-order chi connectivity index (χ1) is 8.25. The molecule has 0 aliphatic rings. The summed E-state index contributed by atoms with van der Waals surface area (Å²) in [5, 5.41) is 0. The van der Waals surface area contributed by atoms with Crippen molar-refractivity contribution in [2.45, 2.75) is 19.0 Å². The number of hydrogen-bond acceptors (Lipinski definition) is 3.